The third-order valence-electron chi connectivity index (χ3n) is 6.96. The van der Waals surface area contributed by atoms with Gasteiger partial charge in [-0.15, -0.1) is 0 Å². The van der Waals surface area contributed by atoms with Crippen LogP contribution in [0.15, 0.2) is 24.3 Å². The van der Waals surface area contributed by atoms with Crippen molar-refractivity contribution in [3.05, 3.63) is 29.8 Å². The predicted molar refractivity (Wildman–Crippen MR) is 180 cm³/mol. The maximum absolute atomic E-state index is 13.1. The molecular weight excluding hydrogens is 616 g/mol. The minimum Gasteiger partial charge on any atom is -0.422 e. The molecule has 210 valence electrons. The molecule has 0 radical (unpaired) electrons. The van der Waals surface area contributed by atoms with Crippen LogP contribution in [0.3, 0.4) is 0 Å². The summed E-state index contributed by atoms with van der Waals surface area (Å²) in [7, 11) is 16.8. The molecule has 0 amide bonds. The Balaban J connectivity index is 1.08. The number of hydrogen-bond donors (Lipinski definition) is 0. The van der Waals surface area contributed by atoms with Crippen molar-refractivity contribution in [1.82, 2.24) is 9.34 Å². The van der Waals surface area contributed by atoms with Crippen LogP contribution in [0.25, 0.3) is 0 Å². The first-order chi connectivity index (χ1) is 17.8. The Morgan fingerprint density at radius 1 is 0.919 bits per heavy atom. The highest BCUT2D eigenvalue weighted by molar-refractivity contribution is 9.26. The molecule has 3 fully saturated rings. The molecule has 3 heterocycles. The Bertz CT molecular complexity index is 884. The minimum absolute atomic E-state index is 0.689. The Hall–Kier alpha value is 1.62. The zero-order valence-electron chi connectivity index (χ0n) is 22.3. The lowest BCUT2D eigenvalue weighted by molar-refractivity contribution is 0.354. The van der Waals surface area contributed by atoms with Crippen LogP contribution in [0.4, 0.5) is 0 Å². The lowest BCUT2D eigenvalue weighted by atomic mass is 10.0. The van der Waals surface area contributed by atoms with Crippen molar-refractivity contribution in [2.75, 3.05) is 33.9 Å². The fourth-order valence-corrected chi connectivity index (χ4v) is 19.3. The van der Waals surface area contributed by atoms with Crippen LogP contribution >= 0.6 is 82.3 Å². The van der Waals surface area contributed by atoms with Gasteiger partial charge in [0.25, 0.3) is 0 Å². The maximum Gasteiger partial charge on any atom is 0.394 e. The normalized spacial score (nSPS) is 28.2. The first-order valence-corrected chi connectivity index (χ1v) is 23.0. The lowest BCUT2D eigenvalue weighted by Crippen LogP contribution is -2.24. The summed E-state index contributed by atoms with van der Waals surface area (Å²) in [6, 6.07) is 8.13. The summed E-state index contributed by atoms with van der Waals surface area (Å²) < 4.78 is 22.4. The molecule has 5 unspecified atom stereocenters. The molecule has 4 nitrogen and oxygen atoms in total. The van der Waals surface area contributed by atoms with Crippen LogP contribution in [0.5, 0.6) is 5.75 Å². The van der Waals surface area contributed by atoms with E-state index in [2.05, 4.69) is 67.1 Å². The molecule has 1 aromatic carbocycles. The van der Waals surface area contributed by atoms with E-state index < -0.39 is 7.67 Å². The van der Waals surface area contributed by atoms with Gasteiger partial charge in [-0.25, -0.2) is 13.9 Å². The summed E-state index contributed by atoms with van der Waals surface area (Å²) in [6.07, 6.45) is 11.9. The van der Waals surface area contributed by atoms with Gasteiger partial charge in [0.05, 0.1) is 0 Å². The van der Waals surface area contributed by atoms with E-state index in [1.165, 1.54) is 62.7 Å². The van der Waals surface area contributed by atoms with Crippen LogP contribution in [-0.4, -0.2) is 69.5 Å². The van der Waals surface area contributed by atoms with E-state index in [9.17, 15) is 4.57 Å². The Kier molecular flexibility index (Phi) is 13.4. The number of thioether (sulfide) groups is 1. The van der Waals surface area contributed by atoms with E-state index in [1.54, 1.807) is 37.5 Å². The molecule has 3 aliphatic rings. The largest absolute Gasteiger partial charge is 0.422 e. The number of hydrogen-bond acceptors (Lipinski definition) is 9. The van der Waals surface area contributed by atoms with Gasteiger partial charge in [-0.3, -0.25) is 0 Å². The van der Waals surface area contributed by atoms with Gasteiger partial charge in [-0.05, 0) is 97.6 Å². The van der Waals surface area contributed by atoms with E-state index in [-0.39, 0.29) is 0 Å². The summed E-state index contributed by atoms with van der Waals surface area (Å²) in [6.45, 7) is 0. The second-order valence-corrected chi connectivity index (χ2v) is 23.6. The maximum atomic E-state index is 13.1. The van der Waals surface area contributed by atoms with E-state index in [4.69, 9.17) is 4.52 Å². The van der Waals surface area contributed by atoms with Crippen molar-refractivity contribution in [1.29, 1.82) is 0 Å². The highest BCUT2D eigenvalue weighted by Gasteiger charge is 2.43. The smallest absolute Gasteiger partial charge is 0.394 e. The molecule has 0 saturated carbocycles. The average Bonchev–Trinajstić information content (AvgIpc) is 3.41. The summed E-state index contributed by atoms with van der Waals surface area (Å²) in [4.78, 5) is 0. The molecule has 3 aliphatic heterocycles. The molecule has 0 spiro atoms. The van der Waals surface area contributed by atoms with Crippen LogP contribution in [0, 0.1) is 0 Å². The Morgan fingerprint density at radius 3 is 2.51 bits per heavy atom. The molecule has 3 saturated heterocycles. The highest BCUT2D eigenvalue weighted by atomic mass is 33.7. The fourth-order valence-electron chi connectivity index (χ4n) is 4.73. The fraction of sp³-hybridized carbons (Fsp3) is 0.760. The van der Waals surface area contributed by atoms with Crippen molar-refractivity contribution >= 4 is 82.3 Å². The van der Waals surface area contributed by atoms with Crippen molar-refractivity contribution in [2.24, 2.45) is 0 Å². The monoisotopic (exact) mass is 656 g/mol. The van der Waals surface area contributed by atoms with Crippen molar-refractivity contribution in [3.63, 3.8) is 0 Å². The van der Waals surface area contributed by atoms with E-state index in [1.807, 2.05) is 31.8 Å². The van der Waals surface area contributed by atoms with Crippen molar-refractivity contribution < 1.29 is 9.09 Å². The summed E-state index contributed by atoms with van der Waals surface area (Å²) in [5.41, 5.74) is 1.27. The van der Waals surface area contributed by atoms with Crippen LogP contribution in [-0.2, 0) is 11.0 Å². The van der Waals surface area contributed by atoms with Crippen molar-refractivity contribution in [2.45, 2.75) is 84.0 Å². The molecule has 0 aromatic heterocycles. The van der Waals surface area contributed by atoms with Crippen LogP contribution < -0.4 is 4.52 Å². The molecule has 12 heteroatoms. The average molecular weight is 657 g/mol. The van der Waals surface area contributed by atoms with Gasteiger partial charge in [0, 0.05) is 32.0 Å². The predicted octanol–water partition coefficient (Wildman–Crippen LogP) is 9.64. The van der Waals surface area contributed by atoms with Crippen molar-refractivity contribution in [3.8, 4) is 5.75 Å². The Labute approximate surface area is 252 Å². The second kappa shape index (κ2) is 15.7. The van der Waals surface area contributed by atoms with Gasteiger partial charge >= 0.3 is 7.67 Å². The quantitative estimate of drug-likeness (QED) is 0.0831. The molecule has 2 bridgehead atoms. The molecule has 5 atom stereocenters. The van der Waals surface area contributed by atoms with E-state index in [0.29, 0.717) is 5.75 Å². The van der Waals surface area contributed by atoms with Gasteiger partial charge in [0.15, 0.2) is 0 Å². The second-order valence-electron chi connectivity index (χ2n) is 10.3. The number of aryl methyl sites for hydroxylation is 1. The zero-order chi connectivity index (χ0) is 26.3. The van der Waals surface area contributed by atoms with Gasteiger partial charge in [-0.1, -0.05) is 81.0 Å². The number of benzene rings is 1. The van der Waals surface area contributed by atoms with Gasteiger partial charge in [0.1, 0.15) is 5.75 Å². The minimum atomic E-state index is -3.02. The summed E-state index contributed by atoms with van der Waals surface area (Å²) in [5, 5.41) is 4.43. The van der Waals surface area contributed by atoms with Gasteiger partial charge < -0.3 is 4.52 Å². The topological polar surface area (TPSA) is 32.8 Å². The Morgan fingerprint density at radius 2 is 1.70 bits per heavy atom. The first-order valence-electron chi connectivity index (χ1n) is 13.2. The third kappa shape index (κ3) is 9.85. The number of nitrogens with zero attached hydrogens (tertiary/aromatic N) is 2. The van der Waals surface area contributed by atoms with Crippen LogP contribution in [0.1, 0.15) is 56.9 Å². The molecule has 1 aromatic rings. The molecule has 0 aliphatic carbocycles. The first kappa shape index (κ1) is 31.6. The third-order valence-corrected chi connectivity index (χ3v) is 21.6. The number of fused-ring (bicyclic) bond motifs is 2. The molecule has 37 heavy (non-hydrogen) atoms. The molecular formula is C25H41N2O2PS7. The summed E-state index contributed by atoms with van der Waals surface area (Å²) >= 11 is 2.26. The highest BCUT2D eigenvalue weighted by Crippen LogP contribution is 2.59. The van der Waals surface area contributed by atoms with E-state index in [0.717, 1.165) is 32.7 Å². The SMILES string of the molecule is CN(C)P(=O)(Oc1cccc(CCCCCCCC2SC2CC2SSSSCC3CC2SS3)c1)N(C)C. The molecule has 4 rings (SSSR count). The van der Waals surface area contributed by atoms with Gasteiger partial charge in [-0.2, -0.15) is 11.8 Å². The van der Waals surface area contributed by atoms with Crippen LogP contribution in [0.2, 0.25) is 0 Å². The zero-order valence-corrected chi connectivity index (χ0v) is 28.9. The van der Waals surface area contributed by atoms with Gasteiger partial charge in [0.2, 0.25) is 0 Å². The number of rotatable bonds is 14. The lowest BCUT2D eigenvalue weighted by Gasteiger charge is -2.29. The van der Waals surface area contributed by atoms with E-state index >= 15 is 0 Å². The summed E-state index contributed by atoms with van der Waals surface area (Å²) in [5.74, 6) is 2.01. The number of unbranched alkanes of at least 4 members (excludes halogenated alkanes) is 4. The molecule has 0 N–H and O–H groups in total. The standard InChI is InChI=1S/C25H41N2O2PS7/c1-26(2)30(28,27(3)4)29-20-13-10-12-19(15-20)11-8-6-5-7-9-14-22-23(32-22)17-25-24-16-21(33-34-24)18-31-36-37-35-25/h10,12-13,15,21-25H,5-9,11,14,16-18H2,1-4H3.